The number of carboxylic acid groups (broad SMARTS) is 1. The molecule has 0 saturated heterocycles. The van der Waals surface area contributed by atoms with Crippen LogP contribution in [-0.4, -0.2) is 47.7 Å². The van der Waals surface area contributed by atoms with Crippen LogP contribution in [0.25, 0.3) is 11.1 Å². The molecular weight excluding hydrogens is 488 g/mol. The number of rotatable bonds is 9. The van der Waals surface area contributed by atoms with E-state index in [1.807, 2.05) is 24.3 Å². The summed E-state index contributed by atoms with van der Waals surface area (Å²) in [6.07, 6.45) is -0.495. The highest BCUT2D eigenvalue weighted by Gasteiger charge is 2.28. The van der Waals surface area contributed by atoms with Gasteiger partial charge in [-0.2, -0.15) is 11.8 Å². The minimum atomic E-state index is -1.13. The monoisotopic (exact) mass is 510 g/mol. The molecule has 180 valence electrons. The Morgan fingerprint density at radius 2 is 1.63 bits per heavy atom. The van der Waals surface area contributed by atoms with Crippen LogP contribution in [0.2, 0.25) is 5.02 Å². The third-order valence-corrected chi connectivity index (χ3v) is 6.85. The second-order valence-corrected chi connectivity index (χ2v) is 9.37. The minimum Gasteiger partial charge on any atom is -0.478 e. The van der Waals surface area contributed by atoms with Gasteiger partial charge in [-0.05, 0) is 40.5 Å². The molecule has 4 rings (SSSR count). The molecule has 3 N–H and O–H groups in total. The number of carbonyl (C=O) groups excluding carboxylic acids is 2. The number of fused-ring (bicyclic) bond motifs is 3. The van der Waals surface area contributed by atoms with E-state index < -0.39 is 12.1 Å². The Labute approximate surface area is 211 Å². The van der Waals surface area contributed by atoms with Crippen molar-refractivity contribution in [3.63, 3.8) is 0 Å². The first-order chi connectivity index (χ1) is 16.9. The smallest absolute Gasteiger partial charge is 0.407 e. The fourth-order valence-electron chi connectivity index (χ4n) is 4.00. The van der Waals surface area contributed by atoms with Crippen molar-refractivity contribution in [1.82, 2.24) is 5.32 Å². The topological polar surface area (TPSA) is 105 Å². The maximum absolute atomic E-state index is 12.2. The number of carboxylic acids is 1. The number of thioether (sulfide) groups is 1. The molecule has 0 saturated carbocycles. The first-order valence-electron chi connectivity index (χ1n) is 10.9. The largest absolute Gasteiger partial charge is 0.478 e. The molecule has 3 aromatic carbocycles. The SMILES string of the molecule is O=C(CSCCNC(=O)OCC1c2ccccc2-c2ccccc21)Nc1ccc(C(=O)O)c(Cl)c1. The van der Waals surface area contributed by atoms with Crippen molar-refractivity contribution in [3.05, 3.63) is 88.4 Å². The van der Waals surface area contributed by atoms with Crippen LogP contribution in [0.1, 0.15) is 27.4 Å². The van der Waals surface area contributed by atoms with Crippen LogP contribution >= 0.6 is 23.4 Å². The van der Waals surface area contributed by atoms with E-state index in [0.717, 1.165) is 11.1 Å². The van der Waals surface area contributed by atoms with Crippen molar-refractivity contribution >= 4 is 47.0 Å². The van der Waals surface area contributed by atoms with Crippen molar-refractivity contribution in [2.75, 3.05) is 30.0 Å². The zero-order chi connectivity index (χ0) is 24.8. The number of halogens is 1. The lowest BCUT2D eigenvalue weighted by Crippen LogP contribution is -2.28. The third-order valence-electron chi connectivity index (χ3n) is 5.58. The highest BCUT2D eigenvalue weighted by molar-refractivity contribution is 7.99. The molecular formula is C26H23ClN2O5S. The fourth-order valence-corrected chi connectivity index (χ4v) is 4.91. The summed E-state index contributed by atoms with van der Waals surface area (Å²) >= 11 is 7.26. The molecule has 1 aliphatic rings. The van der Waals surface area contributed by atoms with Gasteiger partial charge in [0.15, 0.2) is 0 Å². The van der Waals surface area contributed by atoms with Gasteiger partial charge in [0.25, 0.3) is 0 Å². The summed E-state index contributed by atoms with van der Waals surface area (Å²) < 4.78 is 5.49. The van der Waals surface area contributed by atoms with Gasteiger partial charge >= 0.3 is 12.1 Å². The standard InChI is InChI=1S/C26H23ClN2O5S/c27-23-13-16(9-10-21(23)25(31)32)29-24(30)15-35-12-11-28-26(33)34-14-22-19-7-3-1-5-17(19)18-6-2-4-8-20(18)22/h1-10,13,22H,11-12,14-15H2,(H,28,33)(H,29,30)(H,31,32). The van der Waals surface area contributed by atoms with E-state index in [-0.39, 0.29) is 34.8 Å². The number of carbonyl (C=O) groups is 3. The van der Waals surface area contributed by atoms with Gasteiger partial charge in [0.05, 0.1) is 16.3 Å². The lowest BCUT2D eigenvalue weighted by molar-refractivity contribution is -0.113. The van der Waals surface area contributed by atoms with Crippen molar-refractivity contribution in [3.8, 4) is 11.1 Å². The molecule has 9 heteroatoms. The predicted molar refractivity (Wildman–Crippen MR) is 137 cm³/mol. The maximum atomic E-state index is 12.2. The number of amides is 2. The molecule has 0 heterocycles. The molecule has 0 atom stereocenters. The van der Waals surface area contributed by atoms with E-state index in [1.165, 1.54) is 41.1 Å². The normalized spacial score (nSPS) is 11.9. The Balaban J connectivity index is 1.17. The van der Waals surface area contributed by atoms with Gasteiger partial charge in [0.2, 0.25) is 5.91 Å². The number of benzene rings is 3. The zero-order valence-corrected chi connectivity index (χ0v) is 20.2. The van der Waals surface area contributed by atoms with Crippen LogP contribution in [0.3, 0.4) is 0 Å². The lowest BCUT2D eigenvalue weighted by Gasteiger charge is -2.14. The second-order valence-electron chi connectivity index (χ2n) is 7.85. The van der Waals surface area contributed by atoms with Gasteiger partial charge in [0.1, 0.15) is 6.61 Å². The molecule has 0 bridgehead atoms. The quantitative estimate of drug-likeness (QED) is 0.340. The van der Waals surface area contributed by atoms with E-state index in [9.17, 15) is 14.4 Å². The Morgan fingerprint density at radius 1 is 0.971 bits per heavy atom. The van der Waals surface area contributed by atoms with E-state index >= 15 is 0 Å². The molecule has 0 spiro atoms. The van der Waals surface area contributed by atoms with Crippen LogP contribution in [0.4, 0.5) is 10.5 Å². The van der Waals surface area contributed by atoms with E-state index in [4.69, 9.17) is 21.4 Å². The molecule has 0 fully saturated rings. The van der Waals surface area contributed by atoms with Crippen molar-refractivity contribution < 1.29 is 24.2 Å². The fraction of sp³-hybridized carbons (Fsp3) is 0.192. The number of alkyl carbamates (subject to hydrolysis) is 1. The van der Waals surface area contributed by atoms with Gasteiger partial charge in [-0.25, -0.2) is 9.59 Å². The summed E-state index contributed by atoms with van der Waals surface area (Å²) in [5.41, 5.74) is 5.04. The summed E-state index contributed by atoms with van der Waals surface area (Å²) in [4.78, 5) is 35.3. The van der Waals surface area contributed by atoms with Crippen LogP contribution in [0.15, 0.2) is 66.7 Å². The molecule has 0 aliphatic heterocycles. The Hall–Kier alpha value is -3.49. The van der Waals surface area contributed by atoms with Gasteiger partial charge < -0.3 is 20.5 Å². The van der Waals surface area contributed by atoms with Crippen molar-refractivity contribution in [2.45, 2.75) is 5.92 Å². The first-order valence-corrected chi connectivity index (χ1v) is 12.5. The molecule has 35 heavy (non-hydrogen) atoms. The molecule has 0 radical (unpaired) electrons. The highest BCUT2D eigenvalue weighted by Crippen LogP contribution is 2.44. The molecule has 0 aromatic heterocycles. The van der Waals surface area contributed by atoms with E-state index in [0.29, 0.717) is 18.0 Å². The Kier molecular flexibility index (Phi) is 7.94. The summed E-state index contributed by atoms with van der Waals surface area (Å²) in [6, 6.07) is 20.5. The summed E-state index contributed by atoms with van der Waals surface area (Å²) in [7, 11) is 0. The second kappa shape index (κ2) is 11.3. The zero-order valence-electron chi connectivity index (χ0n) is 18.6. The lowest BCUT2D eigenvalue weighted by atomic mass is 9.98. The number of ether oxygens (including phenoxy) is 1. The number of anilines is 1. The van der Waals surface area contributed by atoms with Crippen LogP contribution in [-0.2, 0) is 9.53 Å². The van der Waals surface area contributed by atoms with Gasteiger partial charge in [-0.15, -0.1) is 0 Å². The molecule has 1 aliphatic carbocycles. The molecule has 7 nitrogen and oxygen atoms in total. The first kappa shape index (κ1) is 24.6. The van der Waals surface area contributed by atoms with Gasteiger partial charge in [-0.3, -0.25) is 4.79 Å². The molecule has 0 unspecified atom stereocenters. The molecule has 2 amide bonds. The Morgan fingerprint density at radius 3 is 2.26 bits per heavy atom. The number of aromatic carboxylic acids is 1. The predicted octanol–water partition coefficient (Wildman–Crippen LogP) is 5.25. The van der Waals surface area contributed by atoms with Crippen molar-refractivity contribution in [1.29, 1.82) is 0 Å². The number of hydrogen-bond donors (Lipinski definition) is 3. The average Bonchev–Trinajstić information content (AvgIpc) is 3.16. The highest BCUT2D eigenvalue weighted by atomic mass is 35.5. The third kappa shape index (κ3) is 5.96. The van der Waals surface area contributed by atoms with Gasteiger partial charge in [0, 0.05) is 23.9 Å². The van der Waals surface area contributed by atoms with Crippen LogP contribution in [0, 0.1) is 0 Å². The van der Waals surface area contributed by atoms with Crippen LogP contribution < -0.4 is 10.6 Å². The maximum Gasteiger partial charge on any atom is 0.407 e. The van der Waals surface area contributed by atoms with E-state index in [2.05, 4.69) is 34.9 Å². The van der Waals surface area contributed by atoms with E-state index in [1.54, 1.807) is 0 Å². The summed E-state index contributed by atoms with van der Waals surface area (Å²) in [5.74, 6) is -0.687. The number of hydrogen-bond acceptors (Lipinski definition) is 5. The summed E-state index contributed by atoms with van der Waals surface area (Å²) in [6.45, 7) is 0.604. The summed E-state index contributed by atoms with van der Waals surface area (Å²) in [5, 5.41) is 14.4. The average molecular weight is 511 g/mol. The molecule has 3 aromatic rings. The van der Waals surface area contributed by atoms with Crippen LogP contribution in [0.5, 0.6) is 0 Å². The van der Waals surface area contributed by atoms with Crippen molar-refractivity contribution in [2.24, 2.45) is 0 Å². The Bertz CT molecular complexity index is 1220. The van der Waals surface area contributed by atoms with Gasteiger partial charge in [-0.1, -0.05) is 60.1 Å². The minimum absolute atomic E-state index is 0.00397. The number of nitrogens with one attached hydrogen (secondary N) is 2.